The van der Waals surface area contributed by atoms with E-state index in [1.54, 1.807) is 45.0 Å². The van der Waals surface area contributed by atoms with Crippen molar-refractivity contribution in [2.24, 2.45) is 0 Å². The minimum atomic E-state index is -1.07. The van der Waals surface area contributed by atoms with Gasteiger partial charge in [0.05, 0.1) is 17.9 Å². The lowest BCUT2D eigenvalue weighted by Gasteiger charge is -2.42. The van der Waals surface area contributed by atoms with Gasteiger partial charge in [-0.05, 0) is 39.0 Å². The molecule has 27 heavy (non-hydrogen) atoms. The highest BCUT2D eigenvalue weighted by Crippen LogP contribution is 2.36. The predicted octanol–water partition coefficient (Wildman–Crippen LogP) is 3.38. The third kappa shape index (κ3) is 3.55. The molecule has 5 nitrogen and oxygen atoms in total. The van der Waals surface area contributed by atoms with Gasteiger partial charge in [0, 0.05) is 17.7 Å². The lowest BCUT2D eigenvalue weighted by molar-refractivity contribution is -0.126. The monoisotopic (exact) mass is 373 g/mol. The van der Waals surface area contributed by atoms with Gasteiger partial charge in [-0.1, -0.05) is 18.2 Å². The van der Waals surface area contributed by atoms with Crippen LogP contribution in [0.4, 0.5) is 20.2 Å². The van der Waals surface area contributed by atoms with Crippen molar-refractivity contribution in [1.29, 1.82) is 0 Å². The van der Waals surface area contributed by atoms with Gasteiger partial charge in [-0.25, -0.2) is 8.78 Å². The summed E-state index contributed by atoms with van der Waals surface area (Å²) in [6.07, 6.45) is 0. The molecule has 0 unspecified atom stereocenters. The molecule has 0 saturated heterocycles. The van der Waals surface area contributed by atoms with Crippen LogP contribution < -0.4 is 15.5 Å². The van der Waals surface area contributed by atoms with Crippen molar-refractivity contribution >= 4 is 23.2 Å². The Morgan fingerprint density at radius 3 is 2.63 bits per heavy atom. The number of hydrogen-bond acceptors (Lipinski definition) is 3. The van der Waals surface area contributed by atoms with E-state index in [1.165, 1.54) is 17.0 Å². The highest BCUT2D eigenvalue weighted by Gasteiger charge is 2.43. The first kappa shape index (κ1) is 19.0. The molecule has 0 saturated carbocycles. The van der Waals surface area contributed by atoms with Gasteiger partial charge in [-0.2, -0.15) is 0 Å². The summed E-state index contributed by atoms with van der Waals surface area (Å²) in [5.41, 5.74) is 0.361. The Bertz CT molecular complexity index is 899. The molecule has 2 N–H and O–H groups in total. The maximum atomic E-state index is 13.9. The van der Waals surface area contributed by atoms with Gasteiger partial charge < -0.3 is 10.6 Å². The van der Waals surface area contributed by atoms with E-state index >= 15 is 0 Å². The highest BCUT2D eigenvalue weighted by molar-refractivity contribution is 6.14. The van der Waals surface area contributed by atoms with Crippen molar-refractivity contribution in [3.05, 3.63) is 59.7 Å². The van der Waals surface area contributed by atoms with Crippen molar-refractivity contribution in [3.63, 3.8) is 0 Å². The number of para-hydroxylation sites is 2. The lowest BCUT2D eigenvalue weighted by atomic mass is 9.96. The van der Waals surface area contributed by atoms with Crippen LogP contribution in [0.3, 0.4) is 0 Å². The number of benzene rings is 2. The van der Waals surface area contributed by atoms with Crippen LogP contribution in [-0.4, -0.2) is 23.9 Å². The van der Waals surface area contributed by atoms with Crippen molar-refractivity contribution in [1.82, 2.24) is 5.32 Å². The fourth-order valence-corrected chi connectivity index (χ4v) is 3.18. The minimum absolute atomic E-state index is 0.108. The van der Waals surface area contributed by atoms with Crippen LogP contribution in [0.2, 0.25) is 0 Å². The molecule has 0 bridgehead atoms. The van der Waals surface area contributed by atoms with Gasteiger partial charge in [0.1, 0.15) is 17.2 Å². The maximum Gasteiger partial charge on any atom is 0.250 e. The summed E-state index contributed by atoms with van der Waals surface area (Å²) in [6, 6.07) is 9.88. The van der Waals surface area contributed by atoms with Crippen molar-refractivity contribution in [3.8, 4) is 0 Å². The Morgan fingerprint density at radius 1 is 1.22 bits per heavy atom. The first-order valence-corrected chi connectivity index (χ1v) is 8.63. The largest absolute Gasteiger partial charge is 0.322 e. The molecule has 1 atom stereocenters. The fourth-order valence-electron chi connectivity index (χ4n) is 3.18. The molecule has 1 aliphatic heterocycles. The Balaban J connectivity index is 1.80. The Labute approximate surface area is 156 Å². The number of anilines is 2. The van der Waals surface area contributed by atoms with E-state index in [0.717, 1.165) is 6.07 Å². The molecule has 2 aromatic rings. The van der Waals surface area contributed by atoms with E-state index in [2.05, 4.69) is 10.6 Å². The summed E-state index contributed by atoms with van der Waals surface area (Å²) in [7, 11) is 0. The number of carbonyl (C=O) groups excluding carboxylic acids is 2. The van der Waals surface area contributed by atoms with Gasteiger partial charge >= 0.3 is 0 Å². The number of halogens is 2. The first-order valence-electron chi connectivity index (χ1n) is 8.63. The van der Waals surface area contributed by atoms with Gasteiger partial charge in [0.25, 0.3) is 0 Å². The molecule has 0 fully saturated rings. The maximum absolute atomic E-state index is 13.9. The van der Waals surface area contributed by atoms with Gasteiger partial charge in [0.2, 0.25) is 11.8 Å². The quantitative estimate of drug-likeness (QED) is 0.864. The molecule has 1 aliphatic rings. The standard InChI is InChI=1S/C20H21F2N3O2/c1-12(14-9-8-13(21)10-15(14)22)23-11-18(26)25-17-7-5-4-6-16(17)24-19(27)20(25,2)3/h4-10,12,23H,11H2,1-3H3,(H,24,27)/t12-/m1/s1. The molecular weight excluding hydrogens is 352 g/mol. The van der Waals surface area contributed by atoms with E-state index in [9.17, 15) is 18.4 Å². The fraction of sp³-hybridized carbons (Fsp3) is 0.300. The lowest BCUT2D eigenvalue weighted by Crippen LogP contribution is -2.60. The number of hydrogen-bond donors (Lipinski definition) is 2. The Kier molecular flexibility index (Phi) is 4.97. The number of fused-ring (bicyclic) bond motifs is 1. The molecule has 0 radical (unpaired) electrons. The smallest absolute Gasteiger partial charge is 0.250 e. The molecule has 1 heterocycles. The summed E-state index contributed by atoms with van der Waals surface area (Å²) in [4.78, 5) is 26.8. The Hall–Kier alpha value is -2.80. The van der Waals surface area contributed by atoms with E-state index < -0.39 is 23.2 Å². The van der Waals surface area contributed by atoms with Gasteiger partial charge in [-0.15, -0.1) is 0 Å². The molecule has 0 spiro atoms. The second-order valence-electron chi connectivity index (χ2n) is 7.03. The van der Waals surface area contributed by atoms with Crippen LogP contribution in [-0.2, 0) is 9.59 Å². The highest BCUT2D eigenvalue weighted by atomic mass is 19.1. The minimum Gasteiger partial charge on any atom is -0.322 e. The molecule has 0 aromatic heterocycles. The van der Waals surface area contributed by atoms with Crippen LogP contribution >= 0.6 is 0 Å². The van der Waals surface area contributed by atoms with Crippen molar-refractivity contribution in [2.45, 2.75) is 32.4 Å². The van der Waals surface area contributed by atoms with Gasteiger partial charge in [-0.3, -0.25) is 14.5 Å². The van der Waals surface area contributed by atoms with E-state index in [1.807, 2.05) is 0 Å². The summed E-state index contributed by atoms with van der Waals surface area (Å²) in [6.45, 7) is 4.91. The molecule has 2 amide bonds. The average molecular weight is 373 g/mol. The zero-order valence-corrected chi connectivity index (χ0v) is 15.3. The molecule has 2 aromatic carbocycles. The average Bonchev–Trinajstić information content (AvgIpc) is 2.60. The van der Waals surface area contributed by atoms with Crippen LogP contribution in [0.25, 0.3) is 0 Å². The zero-order chi connectivity index (χ0) is 19.8. The van der Waals surface area contributed by atoms with Crippen LogP contribution in [0, 0.1) is 11.6 Å². The summed E-state index contributed by atoms with van der Waals surface area (Å²) < 4.78 is 27.0. The summed E-state index contributed by atoms with van der Waals surface area (Å²) in [5.74, 6) is -1.94. The number of nitrogens with zero attached hydrogens (tertiary/aromatic N) is 1. The third-order valence-corrected chi connectivity index (χ3v) is 4.75. The summed E-state index contributed by atoms with van der Waals surface area (Å²) >= 11 is 0. The number of nitrogens with one attached hydrogen (secondary N) is 2. The molecular formula is C20H21F2N3O2. The van der Waals surface area contributed by atoms with Crippen LogP contribution in [0.15, 0.2) is 42.5 Å². The second kappa shape index (κ2) is 7.08. The normalized spacial score (nSPS) is 16.5. The number of rotatable bonds is 4. The topological polar surface area (TPSA) is 61.4 Å². The number of amides is 2. The molecule has 142 valence electrons. The molecule has 7 heteroatoms. The third-order valence-electron chi connectivity index (χ3n) is 4.75. The first-order chi connectivity index (χ1) is 12.7. The second-order valence-corrected chi connectivity index (χ2v) is 7.03. The van der Waals surface area contributed by atoms with E-state index in [-0.39, 0.29) is 23.9 Å². The van der Waals surface area contributed by atoms with Crippen LogP contribution in [0.5, 0.6) is 0 Å². The summed E-state index contributed by atoms with van der Waals surface area (Å²) in [5, 5.41) is 5.75. The zero-order valence-electron chi connectivity index (χ0n) is 15.3. The molecule has 3 rings (SSSR count). The van der Waals surface area contributed by atoms with E-state index in [0.29, 0.717) is 11.4 Å². The van der Waals surface area contributed by atoms with Crippen LogP contribution in [0.1, 0.15) is 32.4 Å². The van der Waals surface area contributed by atoms with Gasteiger partial charge in [0.15, 0.2) is 0 Å². The van der Waals surface area contributed by atoms with Crippen molar-refractivity contribution < 1.29 is 18.4 Å². The van der Waals surface area contributed by atoms with E-state index in [4.69, 9.17) is 0 Å². The number of carbonyl (C=O) groups is 2. The SMILES string of the molecule is C[C@@H](NCC(=O)N1c2ccccc2NC(=O)C1(C)C)c1ccc(F)cc1F. The molecule has 0 aliphatic carbocycles. The predicted molar refractivity (Wildman–Crippen MR) is 99.4 cm³/mol. The van der Waals surface area contributed by atoms with Crippen molar-refractivity contribution in [2.75, 3.05) is 16.8 Å². The Morgan fingerprint density at radius 2 is 1.93 bits per heavy atom.